The first-order valence-electron chi connectivity index (χ1n) is 8.25. The summed E-state index contributed by atoms with van der Waals surface area (Å²) in [6.07, 6.45) is 1.77. The molecule has 0 radical (unpaired) electrons. The molecular formula is C18H16ClN5O2. The summed E-state index contributed by atoms with van der Waals surface area (Å²) in [7, 11) is 0. The highest BCUT2D eigenvalue weighted by Crippen LogP contribution is 2.22. The van der Waals surface area contributed by atoms with E-state index in [4.69, 9.17) is 16.0 Å². The van der Waals surface area contributed by atoms with Crippen molar-refractivity contribution in [2.45, 2.75) is 0 Å². The molecule has 1 fully saturated rings. The van der Waals surface area contributed by atoms with Gasteiger partial charge in [-0.15, -0.1) is 10.2 Å². The molecule has 0 saturated carbocycles. The van der Waals surface area contributed by atoms with E-state index < -0.39 is 0 Å². The third-order valence-electron chi connectivity index (χ3n) is 4.22. The number of hydrogen-bond acceptors (Lipinski definition) is 6. The van der Waals surface area contributed by atoms with Crippen LogP contribution in [-0.2, 0) is 0 Å². The van der Waals surface area contributed by atoms with Crippen LogP contribution in [0.1, 0.15) is 10.7 Å². The van der Waals surface area contributed by atoms with Gasteiger partial charge in [-0.2, -0.15) is 0 Å². The number of rotatable bonds is 3. The lowest BCUT2D eigenvalue weighted by molar-refractivity contribution is 0.0707. The Morgan fingerprint density at radius 1 is 1.04 bits per heavy atom. The molecule has 0 bridgehead atoms. The molecule has 0 atom stereocenters. The van der Waals surface area contributed by atoms with Crippen molar-refractivity contribution in [2.24, 2.45) is 0 Å². The molecule has 1 aliphatic rings. The van der Waals surface area contributed by atoms with Gasteiger partial charge < -0.3 is 14.2 Å². The van der Waals surface area contributed by atoms with E-state index in [2.05, 4.69) is 20.1 Å². The minimum atomic E-state index is -0.258. The summed E-state index contributed by atoms with van der Waals surface area (Å²) in [6, 6.07) is 12.9. The van der Waals surface area contributed by atoms with E-state index in [1.807, 2.05) is 18.2 Å². The second-order valence-electron chi connectivity index (χ2n) is 5.89. The fraction of sp³-hybridized carbons (Fsp3) is 0.222. The highest BCUT2D eigenvalue weighted by atomic mass is 35.5. The zero-order valence-corrected chi connectivity index (χ0v) is 14.6. The number of nitrogens with zero attached hydrogens (tertiary/aromatic N) is 5. The molecule has 4 rings (SSSR count). The quantitative estimate of drug-likeness (QED) is 0.706. The van der Waals surface area contributed by atoms with Crippen LogP contribution in [0.15, 0.2) is 53.1 Å². The number of halogens is 1. The predicted octanol–water partition coefficient (Wildman–Crippen LogP) is 2.75. The Morgan fingerprint density at radius 2 is 1.88 bits per heavy atom. The number of hydrogen-bond donors (Lipinski definition) is 0. The first-order chi connectivity index (χ1) is 12.7. The van der Waals surface area contributed by atoms with Gasteiger partial charge in [-0.3, -0.25) is 4.79 Å². The summed E-state index contributed by atoms with van der Waals surface area (Å²) < 4.78 is 5.55. The van der Waals surface area contributed by atoms with Gasteiger partial charge in [0.15, 0.2) is 0 Å². The molecule has 7 nitrogen and oxygen atoms in total. The van der Waals surface area contributed by atoms with E-state index in [0.717, 1.165) is 5.82 Å². The number of pyridine rings is 1. The molecular weight excluding hydrogens is 354 g/mol. The van der Waals surface area contributed by atoms with Crippen molar-refractivity contribution in [1.82, 2.24) is 20.1 Å². The molecule has 3 aromatic rings. The Labute approximate surface area is 155 Å². The molecule has 2 aromatic heterocycles. The summed E-state index contributed by atoms with van der Waals surface area (Å²) in [6.45, 7) is 2.56. The van der Waals surface area contributed by atoms with Crippen LogP contribution in [-0.4, -0.2) is 52.2 Å². The maximum atomic E-state index is 12.6. The van der Waals surface area contributed by atoms with E-state index in [-0.39, 0.29) is 17.7 Å². The second-order valence-corrected chi connectivity index (χ2v) is 6.33. The number of carbonyl (C=O) groups excluding carboxylic acids is 1. The lowest BCUT2D eigenvalue weighted by atomic mass is 10.2. The SMILES string of the molecule is O=C(c1nnc(-c2cccc(Cl)c2)o1)N1CCN(c2ccccn2)CC1. The van der Waals surface area contributed by atoms with Crippen LogP contribution in [0, 0.1) is 0 Å². The van der Waals surface area contributed by atoms with E-state index in [1.165, 1.54) is 0 Å². The standard InChI is InChI=1S/C18H16ClN5O2/c19-14-5-3-4-13(12-14)16-21-22-17(26-16)18(25)24-10-8-23(9-11-24)15-6-1-2-7-20-15/h1-7,12H,8-11H2. The molecule has 1 aliphatic heterocycles. The van der Waals surface area contributed by atoms with Gasteiger partial charge >= 0.3 is 11.8 Å². The maximum Gasteiger partial charge on any atom is 0.311 e. The Morgan fingerprint density at radius 3 is 2.62 bits per heavy atom. The number of benzene rings is 1. The fourth-order valence-electron chi connectivity index (χ4n) is 2.86. The number of carbonyl (C=O) groups is 1. The van der Waals surface area contributed by atoms with Gasteiger partial charge in [0.1, 0.15) is 5.82 Å². The van der Waals surface area contributed by atoms with Crippen LogP contribution >= 0.6 is 11.6 Å². The lowest BCUT2D eigenvalue weighted by Gasteiger charge is -2.34. The third kappa shape index (κ3) is 3.39. The van der Waals surface area contributed by atoms with E-state index in [1.54, 1.807) is 35.4 Å². The number of anilines is 1. The minimum Gasteiger partial charge on any atom is -0.412 e. The summed E-state index contributed by atoms with van der Waals surface area (Å²) in [5.74, 6) is 0.932. The number of piperazine rings is 1. The molecule has 0 N–H and O–H groups in total. The van der Waals surface area contributed by atoms with Crippen LogP contribution in [0.3, 0.4) is 0 Å². The smallest absolute Gasteiger partial charge is 0.311 e. The van der Waals surface area contributed by atoms with Crippen molar-refractivity contribution in [3.63, 3.8) is 0 Å². The average molecular weight is 370 g/mol. The Balaban J connectivity index is 1.43. The first-order valence-corrected chi connectivity index (χ1v) is 8.63. The second kappa shape index (κ2) is 7.13. The van der Waals surface area contributed by atoms with Crippen LogP contribution in [0.5, 0.6) is 0 Å². The maximum absolute atomic E-state index is 12.6. The van der Waals surface area contributed by atoms with Crippen molar-refractivity contribution in [1.29, 1.82) is 0 Å². The zero-order valence-electron chi connectivity index (χ0n) is 13.9. The van der Waals surface area contributed by atoms with Gasteiger partial charge in [0, 0.05) is 43.0 Å². The molecule has 132 valence electrons. The fourth-order valence-corrected chi connectivity index (χ4v) is 3.05. The van der Waals surface area contributed by atoms with Crippen LogP contribution < -0.4 is 4.90 Å². The van der Waals surface area contributed by atoms with Gasteiger partial charge in [0.25, 0.3) is 0 Å². The molecule has 0 spiro atoms. The van der Waals surface area contributed by atoms with Gasteiger partial charge in [-0.05, 0) is 30.3 Å². The molecule has 1 amide bonds. The summed E-state index contributed by atoms with van der Waals surface area (Å²) >= 11 is 5.98. The highest BCUT2D eigenvalue weighted by Gasteiger charge is 2.26. The topological polar surface area (TPSA) is 75.4 Å². The first kappa shape index (κ1) is 16.5. The summed E-state index contributed by atoms with van der Waals surface area (Å²) in [4.78, 5) is 20.8. The van der Waals surface area contributed by atoms with Crippen molar-refractivity contribution in [2.75, 3.05) is 31.1 Å². The average Bonchev–Trinajstić information content (AvgIpc) is 3.18. The normalized spacial score (nSPS) is 14.5. The number of aromatic nitrogens is 3. The van der Waals surface area contributed by atoms with Crippen LogP contribution in [0.2, 0.25) is 5.02 Å². The molecule has 3 heterocycles. The Kier molecular flexibility index (Phi) is 4.53. The van der Waals surface area contributed by atoms with Gasteiger partial charge in [-0.1, -0.05) is 23.7 Å². The molecule has 1 saturated heterocycles. The molecule has 1 aromatic carbocycles. The molecule has 8 heteroatoms. The molecule has 26 heavy (non-hydrogen) atoms. The summed E-state index contributed by atoms with van der Waals surface area (Å²) in [5, 5.41) is 8.43. The predicted molar refractivity (Wildman–Crippen MR) is 97.1 cm³/mol. The van der Waals surface area contributed by atoms with E-state index in [0.29, 0.717) is 36.8 Å². The Hall–Kier alpha value is -2.93. The van der Waals surface area contributed by atoms with Crippen molar-refractivity contribution in [3.05, 3.63) is 59.6 Å². The molecule has 0 aliphatic carbocycles. The lowest BCUT2D eigenvalue weighted by Crippen LogP contribution is -2.49. The van der Waals surface area contributed by atoms with Crippen LogP contribution in [0.25, 0.3) is 11.5 Å². The van der Waals surface area contributed by atoms with Gasteiger partial charge in [-0.25, -0.2) is 4.98 Å². The van der Waals surface area contributed by atoms with Crippen LogP contribution in [0.4, 0.5) is 5.82 Å². The largest absolute Gasteiger partial charge is 0.412 e. The van der Waals surface area contributed by atoms with E-state index >= 15 is 0 Å². The highest BCUT2D eigenvalue weighted by molar-refractivity contribution is 6.30. The van der Waals surface area contributed by atoms with Crippen molar-refractivity contribution >= 4 is 23.3 Å². The Bertz CT molecular complexity index is 907. The third-order valence-corrected chi connectivity index (χ3v) is 4.45. The van der Waals surface area contributed by atoms with Gasteiger partial charge in [0.2, 0.25) is 5.89 Å². The monoisotopic (exact) mass is 369 g/mol. The summed E-state index contributed by atoms with van der Waals surface area (Å²) in [5.41, 5.74) is 0.684. The van der Waals surface area contributed by atoms with Gasteiger partial charge in [0.05, 0.1) is 0 Å². The van der Waals surface area contributed by atoms with Crippen molar-refractivity contribution in [3.8, 4) is 11.5 Å². The zero-order chi connectivity index (χ0) is 17.9. The number of amides is 1. The van der Waals surface area contributed by atoms with E-state index in [9.17, 15) is 4.79 Å². The molecule has 0 unspecified atom stereocenters. The minimum absolute atomic E-state index is 0.00809. The van der Waals surface area contributed by atoms with Crippen molar-refractivity contribution < 1.29 is 9.21 Å².